The average molecular weight is 250 g/mol. The second kappa shape index (κ2) is 6.19. The Morgan fingerprint density at radius 2 is 2.00 bits per heavy atom. The van der Waals surface area contributed by atoms with Gasteiger partial charge in [-0.05, 0) is 39.6 Å². The number of benzene rings is 1. The average Bonchev–Trinajstić information content (AvgIpc) is 2.25. The van der Waals surface area contributed by atoms with E-state index in [-0.39, 0.29) is 11.6 Å². The quantitative estimate of drug-likeness (QED) is 0.725. The van der Waals surface area contributed by atoms with E-state index in [2.05, 4.69) is 16.7 Å². The minimum atomic E-state index is -0.636. The number of hydrogen-bond donors (Lipinski definition) is 0. The lowest BCUT2D eigenvalue weighted by molar-refractivity contribution is 0.581. The maximum Gasteiger partial charge on any atom is 0.134 e. The Morgan fingerprint density at radius 1 is 1.33 bits per heavy atom. The standard InChI is InChI=1S/C14H16F2N2/c1-9(2)18-10(3)13(8-17-4)12-6-5-11(15)7-14(12)16/h5-9H,4H2,1-3H3/b13-8+,18-10?. The highest BCUT2D eigenvalue weighted by atomic mass is 19.1. The minimum absolute atomic E-state index is 0.0849. The van der Waals surface area contributed by atoms with Crippen LogP contribution < -0.4 is 0 Å². The van der Waals surface area contributed by atoms with Crippen molar-refractivity contribution in [1.82, 2.24) is 0 Å². The molecule has 1 aromatic rings. The van der Waals surface area contributed by atoms with Gasteiger partial charge in [0.2, 0.25) is 0 Å². The van der Waals surface area contributed by atoms with E-state index < -0.39 is 11.6 Å². The topological polar surface area (TPSA) is 24.7 Å². The van der Waals surface area contributed by atoms with Crippen LogP contribution in [0.3, 0.4) is 0 Å². The maximum absolute atomic E-state index is 13.7. The van der Waals surface area contributed by atoms with E-state index in [1.54, 1.807) is 6.92 Å². The summed E-state index contributed by atoms with van der Waals surface area (Å²) in [6.07, 6.45) is 1.43. The molecule has 0 aromatic heterocycles. The van der Waals surface area contributed by atoms with Crippen molar-refractivity contribution < 1.29 is 8.78 Å². The Balaban J connectivity index is 3.30. The third-order valence-electron chi connectivity index (χ3n) is 2.28. The van der Waals surface area contributed by atoms with Gasteiger partial charge < -0.3 is 0 Å². The summed E-state index contributed by atoms with van der Waals surface area (Å²) in [5, 5.41) is 0. The Labute approximate surface area is 106 Å². The molecular formula is C14H16F2N2. The molecule has 1 rings (SSSR count). The molecule has 0 aliphatic carbocycles. The molecule has 0 amide bonds. The predicted octanol–water partition coefficient (Wildman–Crippen LogP) is 3.88. The van der Waals surface area contributed by atoms with Crippen LogP contribution in [0.2, 0.25) is 0 Å². The van der Waals surface area contributed by atoms with Crippen LogP contribution in [-0.4, -0.2) is 18.5 Å². The van der Waals surface area contributed by atoms with Crippen LogP contribution in [0.5, 0.6) is 0 Å². The van der Waals surface area contributed by atoms with Gasteiger partial charge in [0.15, 0.2) is 0 Å². The van der Waals surface area contributed by atoms with Crippen LogP contribution in [0.4, 0.5) is 8.78 Å². The maximum atomic E-state index is 13.7. The van der Waals surface area contributed by atoms with E-state index in [0.717, 1.165) is 6.07 Å². The summed E-state index contributed by atoms with van der Waals surface area (Å²) in [7, 11) is 0. The lowest BCUT2D eigenvalue weighted by Gasteiger charge is -2.09. The fourth-order valence-corrected chi connectivity index (χ4v) is 1.61. The van der Waals surface area contributed by atoms with Gasteiger partial charge in [0.05, 0.1) is 0 Å². The molecule has 0 radical (unpaired) electrons. The summed E-state index contributed by atoms with van der Waals surface area (Å²) in [5.41, 5.74) is 1.42. The van der Waals surface area contributed by atoms with Crippen molar-refractivity contribution in [3.63, 3.8) is 0 Å². The Morgan fingerprint density at radius 3 is 2.50 bits per heavy atom. The molecule has 2 nitrogen and oxygen atoms in total. The molecule has 96 valence electrons. The van der Waals surface area contributed by atoms with Crippen molar-refractivity contribution >= 4 is 18.0 Å². The van der Waals surface area contributed by atoms with Gasteiger partial charge in [-0.3, -0.25) is 9.98 Å². The Bertz CT molecular complexity index is 503. The largest absolute Gasteiger partial charge is 0.287 e. The number of aliphatic imine (C=N–C) groups is 2. The van der Waals surface area contributed by atoms with Crippen LogP contribution >= 0.6 is 0 Å². The molecule has 0 N–H and O–H groups in total. The lowest BCUT2D eigenvalue weighted by atomic mass is 10.0. The third-order valence-corrected chi connectivity index (χ3v) is 2.28. The van der Waals surface area contributed by atoms with E-state index in [0.29, 0.717) is 11.3 Å². The highest BCUT2D eigenvalue weighted by Gasteiger charge is 2.12. The van der Waals surface area contributed by atoms with E-state index >= 15 is 0 Å². The summed E-state index contributed by atoms with van der Waals surface area (Å²) in [5.74, 6) is -1.25. The van der Waals surface area contributed by atoms with Crippen molar-refractivity contribution in [3.8, 4) is 0 Å². The van der Waals surface area contributed by atoms with E-state index in [1.807, 2.05) is 13.8 Å². The Hall–Kier alpha value is -1.84. The molecule has 1 aromatic carbocycles. The zero-order valence-electron chi connectivity index (χ0n) is 10.7. The van der Waals surface area contributed by atoms with Gasteiger partial charge >= 0.3 is 0 Å². The van der Waals surface area contributed by atoms with Crippen LogP contribution in [0.1, 0.15) is 26.3 Å². The SMILES string of the molecule is C=N/C=C(\C(C)=NC(C)C)c1ccc(F)cc1F. The molecular weight excluding hydrogens is 234 g/mol. The van der Waals surface area contributed by atoms with Gasteiger partial charge in [-0.25, -0.2) is 8.78 Å². The number of nitrogens with zero attached hydrogens (tertiary/aromatic N) is 2. The molecule has 0 spiro atoms. The summed E-state index contributed by atoms with van der Waals surface area (Å²) >= 11 is 0. The molecule has 0 saturated heterocycles. The highest BCUT2D eigenvalue weighted by Crippen LogP contribution is 2.21. The third kappa shape index (κ3) is 3.58. The van der Waals surface area contributed by atoms with Crippen molar-refractivity contribution in [2.24, 2.45) is 9.98 Å². The first-order chi connectivity index (χ1) is 8.45. The summed E-state index contributed by atoms with van der Waals surface area (Å²) in [4.78, 5) is 7.99. The number of allylic oxidation sites excluding steroid dienone is 1. The molecule has 0 bridgehead atoms. The number of rotatable bonds is 4. The van der Waals surface area contributed by atoms with Gasteiger partial charge in [0.1, 0.15) is 11.6 Å². The molecule has 0 saturated carbocycles. The van der Waals surface area contributed by atoms with Crippen LogP contribution in [0.15, 0.2) is 34.4 Å². The lowest BCUT2D eigenvalue weighted by Crippen LogP contribution is -2.03. The van der Waals surface area contributed by atoms with E-state index in [9.17, 15) is 8.78 Å². The Kier molecular flexibility index (Phi) is 4.89. The number of hydrogen-bond acceptors (Lipinski definition) is 2. The van der Waals surface area contributed by atoms with Gasteiger partial charge in [0, 0.05) is 35.2 Å². The molecule has 0 aliphatic rings. The first-order valence-corrected chi connectivity index (χ1v) is 5.62. The van der Waals surface area contributed by atoms with Crippen molar-refractivity contribution in [2.45, 2.75) is 26.8 Å². The van der Waals surface area contributed by atoms with Crippen LogP contribution in [0, 0.1) is 11.6 Å². The second-order valence-corrected chi connectivity index (χ2v) is 4.16. The molecule has 0 aliphatic heterocycles. The zero-order chi connectivity index (χ0) is 13.7. The molecule has 18 heavy (non-hydrogen) atoms. The predicted molar refractivity (Wildman–Crippen MR) is 72.1 cm³/mol. The van der Waals surface area contributed by atoms with E-state index in [1.165, 1.54) is 18.3 Å². The fourth-order valence-electron chi connectivity index (χ4n) is 1.61. The smallest absolute Gasteiger partial charge is 0.134 e. The van der Waals surface area contributed by atoms with Crippen molar-refractivity contribution in [3.05, 3.63) is 41.6 Å². The molecule has 0 unspecified atom stereocenters. The van der Waals surface area contributed by atoms with Gasteiger partial charge in [-0.2, -0.15) is 0 Å². The van der Waals surface area contributed by atoms with Gasteiger partial charge in [-0.15, -0.1) is 0 Å². The first kappa shape index (κ1) is 14.2. The minimum Gasteiger partial charge on any atom is -0.287 e. The zero-order valence-corrected chi connectivity index (χ0v) is 10.7. The second-order valence-electron chi connectivity index (χ2n) is 4.16. The van der Waals surface area contributed by atoms with E-state index in [4.69, 9.17) is 0 Å². The highest BCUT2D eigenvalue weighted by molar-refractivity contribution is 6.22. The molecule has 4 heteroatoms. The van der Waals surface area contributed by atoms with Crippen molar-refractivity contribution in [2.75, 3.05) is 0 Å². The summed E-state index contributed by atoms with van der Waals surface area (Å²) in [6.45, 7) is 8.96. The summed E-state index contributed by atoms with van der Waals surface area (Å²) < 4.78 is 26.6. The van der Waals surface area contributed by atoms with Gasteiger partial charge in [-0.1, -0.05) is 0 Å². The van der Waals surface area contributed by atoms with Gasteiger partial charge in [0.25, 0.3) is 0 Å². The van der Waals surface area contributed by atoms with Crippen LogP contribution in [0.25, 0.3) is 5.57 Å². The monoisotopic (exact) mass is 250 g/mol. The molecule has 0 heterocycles. The fraction of sp³-hybridized carbons (Fsp3) is 0.286. The van der Waals surface area contributed by atoms with Crippen molar-refractivity contribution in [1.29, 1.82) is 0 Å². The van der Waals surface area contributed by atoms with Crippen LogP contribution in [-0.2, 0) is 0 Å². The molecule has 0 atom stereocenters. The summed E-state index contributed by atoms with van der Waals surface area (Å²) in [6, 6.07) is 3.51. The number of halogens is 2. The first-order valence-electron chi connectivity index (χ1n) is 5.62. The normalized spacial score (nSPS) is 13.0. The molecule has 0 fully saturated rings.